The normalized spacial score (nSPS) is 17.4. The van der Waals surface area contributed by atoms with E-state index in [1.54, 1.807) is 8.48 Å². The van der Waals surface area contributed by atoms with Gasteiger partial charge in [-0.1, -0.05) is 0 Å². The summed E-state index contributed by atoms with van der Waals surface area (Å²) in [6.45, 7) is 4.88. The van der Waals surface area contributed by atoms with E-state index in [9.17, 15) is 0 Å². The Morgan fingerprint density at radius 3 is 2.47 bits per heavy atom. The molecular weight excluding hydrogens is 414 g/mol. The predicted molar refractivity (Wildman–Crippen MR) is 69.4 cm³/mol. The first kappa shape index (κ1) is 18.1. The van der Waals surface area contributed by atoms with E-state index in [1.165, 1.54) is 17.3 Å². The van der Waals surface area contributed by atoms with E-state index >= 15 is 0 Å². The summed E-state index contributed by atoms with van der Waals surface area (Å²) in [7, 11) is -0.640. The standard InChI is InChI=1S/C7H10BrSi.C5H5.2ClH.Zr/c1-9(2)7-5-3-4-6(7)8;1-2-4-5-3-1;;;/h4,9H,3H2,1-2H3;1-3H,4H2;2*1H;/q;;;;+2/p-2. The molecule has 0 aromatic rings. The summed E-state index contributed by atoms with van der Waals surface area (Å²) in [6, 6.07) is 0. The molecule has 0 aromatic heterocycles. The minimum absolute atomic E-state index is 0. The van der Waals surface area contributed by atoms with Gasteiger partial charge < -0.3 is 24.8 Å². The van der Waals surface area contributed by atoms with Crippen LogP contribution in [-0.4, -0.2) is 8.80 Å². The fourth-order valence-corrected chi connectivity index (χ4v) is 11.4. The van der Waals surface area contributed by atoms with E-state index in [1.807, 2.05) is 3.28 Å². The van der Waals surface area contributed by atoms with Crippen LogP contribution in [0.4, 0.5) is 0 Å². The molecule has 17 heavy (non-hydrogen) atoms. The Hall–Kier alpha value is 1.12. The van der Waals surface area contributed by atoms with Crippen molar-refractivity contribution in [1.29, 1.82) is 0 Å². The molecule has 0 saturated heterocycles. The summed E-state index contributed by atoms with van der Waals surface area (Å²) in [5, 5.41) is 1.74. The van der Waals surface area contributed by atoms with E-state index in [-0.39, 0.29) is 24.8 Å². The fourth-order valence-electron chi connectivity index (χ4n) is 2.03. The Bertz CT molecular complexity index is 397. The van der Waals surface area contributed by atoms with Crippen molar-refractivity contribution in [2.75, 3.05) is 0 Å². The van der Waals surface area contributed by atoms with Crippen molar-refractivity contribution in [1.82, 2.24) is 0 Å². The van der Waals surface area contributed by atoms with Gasteiger partial charge in [0.2, 0.25) is 0 Å². The third-order valence-corrected chi connectivity index (χ3v) is 10.0. The molecule has 5 heteroatoms. The maximum Gasteiger partial charge on any atom is -1.00 e. The second-order valence-electron chi connectivity index (χ2n) is 4.25. The van der Waals surface area contributed by atoms with Gasteiger partial charge in [0.1, 0.15) is 0 Å². The zero-order valence-electron chi connectivity index (χ0n) is 9.93. The van der Waals surface area contributed by atoms with Gasteiger partial charge in [-0.25, -0.2) is 0 Å². The largest absolute Gasteiger partial charge is 1.00 e. The van der Waals surface area contributed by atoms with Crippen LogP contribution in [0.15, 0.2) is 40.5 Å². The van der Waals surface area contributed by atoms with Crippen molar-refractivity contribution in [2.45, 2.75) is 25.9 Å². The van der Waals surface area contributed by atoms with Crippen molar-refractivity contribution >= 4 is 24.7 Å². The van der Waals surface area contributed by atoms with Crippen LogP contribution < -0.4 is 24.8 Å². The Kier molecular flexibility index (Phi) is 8.87. The second-order valence-corrected chi connectivity index (χ2v) is 11.7. The van der Waals surface area contributed by atoms with Gasteiger partial charge in [-0.15, -0.1) is 0 Å². The first-order valence-corrected chi connectivity index (χ1v) is 11.5. The van der Waals surface area contributed by atoms with Crippen molar-refractivity contribution in [2.24, 2.45) is 0 Å². The SMILES string of the molecule is C[SiH](C)C1=[C]([Zr+2][C]2=CC=CC2)CC=C1Br.[Cl-].[Cl-]. The zero-order chi connectivity index (χ0) is 10.8. The third kappa shape index (κ3) is 4.62. The average molecular weight is 429 g/mol. The zero-order valence-corrected chi connectivity index (χ0v) is 16.6. The Labute approximate surface area is 138 Å². The van der Waals surface area contributed by atoms with E-state index in [4.69, 9.17) is 0 Å². The van der Waals surface area contributed by atoms with Crippen LogP contribution in [0.25, 0.3) is 0 Å². The molecule has 2 aliphatic rings. The minimum Gasteiger partial charge on any atom is -1.00 e. The van der Waals surface area contributed by atoms with E-state index in [0.29, 0.717) is 0 Å². The molecule has 0 saturated carbocycles. The molecule has 0 heterocycles. The molecule has 0 amide bonds. The molecular formula is C12H15BrCl2SiZr. The molecule has 0 bridgehead atoms. The quantitative estimate of drug-likeness (QED) is 0.451. The molecule has 0 aliphatic heterocycles. The van der Waals surface area contributed by atoms with Crippen LogP contribution in [0.5, 0.6) is 0 Å². The molecule has 0 N–H and O–H groups in total. The van der Waals surface area contributed by atoms with Crippen molar-refractivity contribution in [3.63, 3.8) is 0 Å². The van der Waals surface area contributed by atoms with Crippen LogP contribution in [0, 0.1) is 0 Å². The van der Waals surface area contributed by atoms with Gasteiger partial charge in [0.05, 0.1) is 0 Å². The molecule has 0 atom stereocenters. The molecule has 0 fully saturated rings. The van der Waals surface area contributed by atoms with Crippen LogP contribution in [0.1, 0.15) is 12.8 Å². The first-order valence-electron chi connectivity index (χ1n) is 5.40. The number of allylic oxidation sites excluding steroid dienone is 8. The summed E-state index contributed by atoms with van der Waals surface area (Å²) in [4.78, 5) is 0. The minimum atomic E-state index is -0.640. The topological polar surface area (TPSA) is 0 Å². The Morgan fingerprint density at radius 2 is 1.94 bits per heavy atom. The maximum absolute atomic E-state index is 3.73. The second kappa shape index (κ2) is 8.32. The van der Waals surface area contributed by atoms with Gasteiger partial charge in [-0.3, -0.25) is 0 Å². The maximum atomic E-state index is 3.73. The predicted octanol–water partition coefficient (Wildman–Crippen LogP) is -2.12. The van der Waals surface area contributed by atoms with E-state index in [0.717, 1.165) is 0 Å². The number of hydrogen-bond acceptors (Lipinski definition) is 0. The van der Waals surface area contributed by atoms with Gasteiger partial charge in [-0.2, -0.15) is 0 Å². The van der Waals surface area contributed by atoms with Crippen LogP contribution in [0.2, 0.25) is 13.1 Å². The van der Waals surface area contributed by atoms with Crippen molar-refractivity contribution < 1.29 is 48.0 Å². The van der Waals surface area contributed by atoms with Crippen LogP contribution in [-0.2, 0) is 23.2 Å². The molecule has 0 unspecified atom stereocenters. The van der Waals surface area contributed by atoms with Crippen LogP contribution in [0.3, 0.4) is 0 Å². The molecule has 92 valence electrons. The van der Waals surface area contributed by atoms with Gasteiger partial charge in [0, 0.05) is 0 Å². The summed E-state index contributed by atoms with van der Waals surface area (Å²) in [6.07, 6.45) is 11.7. The third-order valence-electron chi connectivity index (χ3n) is 2.73. The summed E-state index contributed by atoms with van der Waals surface area (Å²) >= 11 is 3.30. The molecule has 0 spiro atoms. The first-order chi connectivity index (χ1) is 7.18. The van der Waals surface area contributed by atoms with Gasteiger partial charge in [0.15, 0.2) is 0 Å². The number of hydrogen-bond donors (Lipinski definition) is 0. The van der Waals surface area contributed by atoms with Crippen molar-refractivity contribution in [3.05, 3.63) is 40.5 Å². The van der Waals surface area contributed by atoms with Crippen molar-refractivity contribution in [3.8, 4) is 0 Å². The average Bonchev–Trinajstić information content (AvgIpc) is 2.76. The van der Waals surface area contributed by atoms with E-state index in [2.05, 4.69) is 53.3 Å². The summed E-state index contributed by atoms with van der Waals surface area (Å²) < 4.78 is 5.00. The van der Waals surface area contributed by atoms with Gasteiger partial charge in [-0.05, 0) is 0 Å². The van der Waals surface area contributed by atoms with Gasteiger partial charge >= 0.3 is 114 Å². The fraction of sp³-hybridized carbons (Fsp3) is 0.333. The number of halogens is 3. The van der Waals surface area contributed by atoms with E-state index < -0.39 is 32.0 Å². The molecule has 2 rings (SSSR count). The molecule has 0 radical (unpaired) electrons. The summed E-state index contributed by atoms with van der Waals surface area (Å²) in [5.41, 5.74) is 0. The van der Waals surface area contributed by atoms with Gasteiger partial charge in [0.25, 0.3) is 0 Å². The monoisotopic (exact) mass is 426 g/mol. The molecule has 2 aliphatic carbocycles. The Morgan fingerprint density at radius 1 is 1.24 bits per heavy atom. The number of rotatable bonds is 3. The van der Waals surface area contributed by atoms with Crippen LogP contribution >= 0.6 is 15.9 Å². The molecule has 0 aromatic carbocycles. The molecule has 0 nitrogen and oxygen atoms in total. The summed E-state index contributed by atoms with van der Waals surface area (Å²) in [5.74, 6) is 0. The smallest absolute Gasteiger partial charge is 1.00 e. The Balaban J connectivity index is 0.00000128.